The second-order valence-electron chi connectivity index (χ2n) is 3.40. The van der Waals surface area contributed by atoms with Gasteiger partial charge in [0.2, 0.25) is 0 Å². The zero-order valence-corrected chi connectivity index (χ0v) is 8.33. The van der Waals surface area contributed by atoms with Gasteiger partial charge in [0.05, 0.1) is 0 Å². The lowest BCUT2D eigenvalue weighted by Gasteiger charge is -2.18. The van der Waals surface area contributed by atoms with Crippen molar-refractivity contribution in [3.63, 3.8) is 0 Å². The van der Waals surface area contributed by atoms with Crippen LogP contribution in [-0.2, 0) is 9.53 Å². The summed E-state index contributed by atoms with van der Waals surface area (Å²) in [5, 5.41) is 0. The van der Waals surface area contributed by atoms with Gasteiger partial charge >= 0.3 is 5.97 Å². The SMILES string of the molecule is CCC(N)C(=O)OC(C)C(C)C. The van der Waals surface area contributed by atoms with Gasteiger partial charge in [-0.3, -0.25) is 4.79 Å². The maximum atomic E-state index is 11.1. The number of hydrogen-bond acceptors (Lipinski definition) is 3. The van der Waals surface area contributed by atoms with E-state index in [1.807, 2.05) is 27.7 Å². The Bertz CT molecular complexity index is 145. The van der Waals surface area contributed by atoms with Gasteiger partial charge in [-0.1, -0.05) is 20.8 Å². The number of ether oxygens (including phenoxy) is 1. The molecule has 0 amide bonds. The summed E-state index contributed by atoms with van der Waals surface area (Å²) in [5.74, 6) is 0.0525. The summed E-state index contributed by atoms with van der Waals surface area (Å²) < 4.78 is 5.10. The molecule has 0 aromatic carbocycles. The fraction of sp³-hybridized carbons (Fsp3) is 0.889. The van der Waals surface area contributed by atoms with Gasteiger partial charge in [0, 0.05) is 0 Å². The van der Waals surface area contributed by atoms with Crippen molar-refractivity contribution in [3.05, 3.63) is 0 Å². The van der Waals surface area contributed by atoms with Crippen LogP contribution in [0.2, 0.25) is 0 Å². The number of hydrogen-bond donors (Lipinski definition) is 1. The van der Waals surface area contributed by atoms with Crippen molar-refractivity contribution >= 4 is 5.97 Å². The number of carbonyl (C=O) groups is 1. The average molecular weight is 173 g/mol. The van der Waals surface area contributed by atoms with E-state index in [0.29, 0.717) is 12.3 Å². The lowest BCUT2D eigenvalue weighted by molar-refractivity contribution is -0.151. The summed E-state index contributed by atoms with van der Waals surface area (Å²) in [7, 11) is 0. The van der Waals surface area contributed by atoms with E-state index in [9.17, 15) is 4.79 Å². The molecule has 0 aliphatic carbocycles. The van der Waals surface area contributed by atoms with Crippen molar-refractivity contribution in [2.24, 2.45) is 11.7 Å². The van der Waals surface area contributed by atoms with Gasteiger partial charge in [-0.05, 0) is 19.3 Å². The molecular weight excluding hydrogens is 154 g/mol. The molecule has 0 saturated heterocycles. The summed E-state index contributed by atoms with van der Waals surface area (Å²) in [6, 6.07) is -0.466. The van der Waals surface area contributed by atoms with Crippen LogP contribution in [0.5, 0.6) is 0 Å². The Labute approximate surface area is 74.3 Å². The van der Waals surface area contributed by atoms with Crippen molar-refractivity contribution in [1.82, 2.24) is 0 Å². The second kappa shape index (κ2) is 5.14. The highest BCUT2D eigenvalue weighted by Gasteiger charge is 2.17. The maximum Gasteiger partial charge on any atom is 0.323 e. The molecule has 12 heavy (non-hydrogen) atoms. The van der Waals surface area contributed by atoms with Crippen LogP contribution in [0, 0.1) is 5.92 Å². The molecule has 0 bridgehead atoms. The predicted octanol–water partition coefficient (Wildman–Crippen LogP) is 1.31. The van der Waals surface area contributed by atoms with Crippen LogP contribution in [0.25, 0.3) is 0 Å². The van der Waals surface area contributed by atoms with Crippen LogP contribution in [0.4, 0.5) is 0 Å². The van der Waals surface area contributed by atoms with Crippen LogP contribution in [0.15, 0.2) is 0 Å². The zero-order chi connectivity index (χ0) is 9.72. The minimum absolute atomic E-state index is 0.0462. The molecular formula is C9H19NO2. The van der Waals surface area contributed by atoms with Gasteiger partial charge in [-0.25, -0.2) is 0 Å². The van der Waals surface area contributed by atoms with Crippen LogP contribution in [0.1, 0.15) is 34.1 Å². The summed E-state index contributed by atoms with van der Waals surface area (Å²) in [6.45, 7) is 7.77. The molecule has 2 atom stereocenters. The van der Waals surface area contributed by atoms with Crippen molar-refractivity contribution in [3.8, 4) is 0 Å². The first kappa shape index (κ1) is 11.4. The number of nitrogens with two attached hydrogens (primary N) is 1. The third-order valence-electron chi connectivity index (χ3n) is 1.98. The lowest BCUT2D eigenvalue weighted by Crippen LogP contribution is -2.34. The highest BCUT2D eigenvalue weighted by atomic mass is 16.5. The van der Waals surface area contributed by atoms with E-state index in [2.05, 4.69) is 0 Å². The second-order valence-corrected chi connectivity index (χ2v) is 3.40. The van der Waals surface area contributed by atoms with Gasteiger partial charge in [0.15, 0.2) is 0 Å². The fourth-order valence-corrected chi connectivity index (χ4v) is 0.573. The summed E-state index contributed by atoms with van der Waals surface area (Å²) in [4.78, 5) is 11.1. The summed E-state index contributed by atoms with van der Waals surface area (Å²) >= 11 is 0. The van der Waals surface area contributed by atoms with Crippen LogP contribution < -0.4 is 5.73 Å². The molecule has 72 valence electrons. The number of carbonyl (C=O) groups excluding carboxylic acids is 1. The molecule has 0 rings (SSSR count). The smallest absolute Gasteiger partial charge is 0.323 e. The molecule has 2 unspecified atom stereocenters. The van der Waals surface area contributed by atoms with E-state index in [1.54, 1.807) is 0 Å². The first-order chi connectivity index (χ1) is 5.49. The van der Waals surface area contributed by atoms with E-state index in [0.717, 1.165) is 0 Å². The Morgan fingerprint density at radius 3 is 2.25 bits per heavy atom. The van der Waals surface area contributed by atoms with Gasteiger partial charge < -0.3 is 10.5 Å². The fourth-order valence-electron chi connectivity index (χ4n) is 0.573. The van der Waals surface area contributed by atoms with Crippen molar-refractivity contribution < 1.29 is 9.53 Å². The van der Waals surface area contributed by atoms with Crippen LogP contribution >= 0.6 is 0 Å². The summed E-state index contributed by atoms with van der Waals surface area (Å²) in [6.07, 6.45) is 0.582. The zero-order valence-electron chi connectivity index (χ0n) is 8.33. The Kier molecular flexibility index (Phi) is 4.90. The molecule has 3 heteroatoms. The Hall–Kier alpha value is -0.570. The summed E-state index contributed by atoms with van der Waals surface area (Å²) in [5.41, 5.74) is 5.49. The van der Waals surface area contributed by atoms with Gasteiger partial charge in [-0.2, -0.15) is 0 Å². The van der Waals surface area contributed by atoms with Crippen molar-refractivity contribution in [2.75, 3.05) is 0 Å². The molecule has 0 aliphatic heterocycles. The monoisotopic (exact) mass is 173 g/mol. The highest BCUT2D eigenvalue weighted by molar-refractivity contribution is 5.75. The number of rotatable bonds is 4. The first-order valence-electron chi connectivity index (χ1n) is 4.45. The largest absolute Gasteiger partial charge is 0.461 e. The quantitative estimate of drug-likeness (QED) is 0.652. The minimum atomic E-state index is -0.466. The Morgan fingerprint density at radius 1 is 1.42 bits per heavy atom. The molecule has 0 spiro atoms. The van der Waals surface area contributed by atoms with Gasteiger partial charge in [0.25, 0.3) is 0 Å². The standard InChI is InChI=1S/C9H19NO2/c1-5-8(10)9(11)12-7(4)6(2)3/h6-8H,5,10H2,1-4H3. The normalized spacial score (nSPS) is 15.8. The van der Waals surface area contributed by atoms with Crippen molar-refractivity contribution in [1.29, 1.82) is 0 Å². The lowest BCUT2D eigenvalue weighted by atomic mass is 10.1. The van der Waals surface area contributed by atoms with E-state index in [1.165, 1.54) is 0 Å². The number of esters is 1. The third-order valence-corrected chi connectivity index (χ3v) is 1.98. The first-order valence-corrected chi connectivity index (χ1v) is 4.45. The topological polar surface area (TPSA) is 52.3 Å². The molecule has 0 heterocycles. The third kappa shape index (κ3) is 3.72. The van der Waals surface area contributed by atoms with E-state index in [4.69, 9.17) is 10.5 Å². The molecule has 0 aliphatic rings. The average Bonchev–Trinajstić information content (AvgIpc) is 2.02. The molecule has 2 N–H and O–H groups in total. The molecule has 3 nitrogen and oxygen atoms in total. The Morgan fingerprint density at radius 2 is 1.92 bits per heavy atom. The molecule has 0 saturated carbocycles. The predicted molar refractivity (Wildman–Crippen MR) is 48.7 cm³/mol. The minimum Gasteiger partial charge on any atom is -0.461 e. The molecule has 0 aromatic heterocycles. The maximum absolute atomic E-state index is 11.1. The molecule has 0 radical (unpaired) electrons. The van der Waals surface area contributed by atoms with Gasteiger partial charge in [-0.15, -0.1) is 0 Å². The van der Waals surface area contributed by atoms with Gasteiger partial charge in [0.1, 0.15) is 12.1 Å². The van der Waals surface area contributed by atoms with E-state index >= 15 is 0 Å². The Balaban J connectivity index is 3.84. The van der Waals surface area contributed by atoms with E-state index in [-0.39, 0.29) is 12.1 Å². The highest BCUT2D eigenvalue weighted by Crippen LogP contribution is 2.06. The van der Waals surface area contributed by atoms with Crippen molar-refractivity contribution in [2.45, 2.75) is 46.3 Å². The molecule has 0 fully saturated rings. The van der Waals surface area contributed by atoms with E-state index < -0.39 is 6.04 Å². The molecule has 0 aromatic rings. The van der Waals surface area contributed by atoms with Crippen LogP contribution in [0.3, 0.4) is 0 Å². The van der Waals surface area contributed by atoms with Crippen LogP contribution in [-0.4, -0.2) is 18.1 Å².